The standard InChI is InChI=1S/C28H54O4/c1-5-6-7-8-9-10-11-12-13-14-15-16-17-18-19-20-24-31-27(29)22-21-23-28(30)32-26(4)25(2)3/h25-26H,5-24H2,1-4H3. The van der Waals surface area contributed by atoms with E-state index in [0.29, 0.717) is 25.4 Å². The molecule has 0 heterocycles. The molecular formula is C28H54O4. The Kier molecular flexibility index (Phi) is 22.3. The Bertz CT molecular complexity index is 433. The lowest BCUT2D eigenvalue weighted by molar-refractivity contribution is -0.150. The van der Waals surface area contributed by atoms with Crippen LogP contribution in [0.25, 0.3) is 0 Å². The minimum Gasteiger partial charge on any atom is -0.466 e. The van der Waals surface area contributed by atoms with E-state index in [0.717, 1.165) is 12.8 Å². The van der Waals surface area contributed by atoms with Crippen molar-refractivity contribution in [1.82, 2.24) is 0 Å². The quantitative estimate of drug-likeness (QED) is 0.115. The number of unbranched alkanes of at least 4 members (excludes halogenated alkanes) is 15. The van der Waals surface area contributed by atoms with Gasteiger partial charge in [-0.2, -0.15) is 0 Å². The second-order valence-corrected chi connectivity index (χ2v) is 9.82. The maximum atomic E-state index is 11.7. The van der Waals surface area contributed by atoms with E-state index >= 15 is 0 Å². The Balaban J connectivity index is 3.28. The topological polar surface area (TPSA) is 52.6 Å². The van der Waals surface area contributed by atoms with E-state index in [-0.39, 0.29) is 24.5 Å². The molecule has 0 radical (unpaired) electrons. The van der Waals surface area contributed by atoms with Crippen LogP contribution in [0.15, 0.2) is 0 Å². The van der Waals surface area contributed by atoms with Gasteiger partial charge in [0, 0.05) is 12.8 Å². The lowest BCUT2D eigenvalue weighted by atomic mass is 10.0. The van der Waals surface area contributed by atoms with Crippen molar-refractivity contribution in [3.8, 4) is 0 Å². The number of carbonyl (C=O) groups is 2. The summed E-state index contributed by atoms with van der Waals surface area (Å²) in [6.07, 6.45) is 22.4. The molecular weight excluding hydrogens is 400 g/mol. The van der Waals surface area contributed by atoms with Crippen molar-refractivity contribution in [1.29, 1.82) is 0 Å². The average Bonchev–Trinajstić information content (AvgIpc) is 2.75. The molecule has 0 fully saturated rings. The van der Waals surface area contributed by atoms with Gasteiger partial charge in [0.2, 0.25) is 0 Å². The van der Waals surface area contributed by atoms with E-state index in [4.69, 9.17) is 9.47 Å². The van der Waals surface area contributed by atoms with Crippen LogP contribution in [0.4, 0.5) is 0 Å². The van der Waals surface area contributed by atoms with Crippen molar-refractivity contribution in [2.75, 3.05) is 6.61 Å². The molecule has 32 heavy (non-hydrogen) atoms. The van der Waals surface area contributed by atoms with Crippen LogP contribution in [0.2, 0.25) is 0 Å². The van der Waals surface area contributed by atoms with Gasteiger partial charge in [-0.3, -0.25) is 9.59 Å². The predicted octanol–water partition coefficient (Wildman–Crippen LogP) is 8.55. The maximum Gasteiger partial charge on any atom is 0.306 e. The Morgan fingerprint density at radius 1 is 0.562 bits per heavy atom. The van der Waals surface area contributed by atoms with E-state index in [1.54, 1.807) is 0 Å². The summed E-state index contributed by atoms with van der Waals surface area (Å²) in [6.45, 7) is 8.72. The predicted molar refractivity (Wildman–Crippen MR) is 135 cm³/mol. The van der Waals surface area contributed by atoms with Crippen LogP contribution in [-0.2, 0) is 19.1 Å². The first-order valence-electron chi connectivity index (χ1n) is 13.8. The molecule has 0 saturated heterocycles. The van der Waals surface area contributed by atoms with Crippen molar-refractivity contribution in [2.24, 2.45) is 5.92 Å². The van der Waals surface area contributed by atoms with Crippen molar-refractivity contribution in [2.45, 2.75) is 156 Å². The fourth-order valence-electron chi connectivity index (χ4n) is 3.69. The summed E-state index contributed by atoms with van der Waals surface area (Å²) in [5.41, 5.74) is 0. The molecule has 0 rings (SSSR count). The number of hydrogen-bond donors (Lipinski definition) is 0. The molecule has 0 saturated carbocycles. The smallest absolute Gasteiger partial charge is 0.306 e. The molecule has 0 aromatic heterocycles. The van der Waals surface area contributed by atoms with Crippen LogP contribution >= 0.6 is 0 Å². The van der Waals surface area contributed by atoms with Crippen LogP contribution < -0.4 is 0 Å². The fourth-order valence-corrected chi connectivity index (χ4v) is 3.69. The fraction of sp³-hybridized carbons (Fsp3) is 0.929. The van der Waals surface area contributed by atoms with Crippen molar-refractivity contribution >= 4 is 11.9 Å². The zero-order chi connectivity index (χ0) is 23.9. The van der Waals surface area contributed by atoms with E-state index in [2.05, 4.69) is 6.92 Å². The van der Waals surface area contributed by atoms with Gasteiger partial charge in [-0.15, -0.1) is 0 Å². The van der Waals surface area contributed by atoms with E-state index < -0.39 is 0 Å². The van der Waals surface area contributed by atoms with Crippen LogP contribution in [0.5, 0.6) is 0 Å². The Labute approximate surface area is 199 Å². The third kappa shape index (κ3) is 22.1. The molecule has 0 spiro atoms. The van der Waals surface area contributed by atoms with Gasteiger partial charge in [-0.25, -0.2) is 0 Å². The highest BCUT2D eigenvalue weighted by molar-refractivity contribution is 5.72. The summed E-state index contributed by atoms with van der Waals surface area (Å²) in [5, 5.41) is 0. The SMILES string of the molecule is CCCCCCCCCCCCCCCCCCOC(=O)CCCC(=O)OC(C)C(C)C. The lowest BCUT2D eigenvalue weighted by Crippen LogP contribution is -2.20. The monoisotopic (exact) mass is 454 g/mol. The first kappa shape index (κ1) is 30.9. The van der Waals surface area contributed by atoms with Gasteiger partial charge in [0.05, 0.1) is 6.61 Å². The number of ether oxygens (including phenoxy) is 2. The van der Waals surface area contributed by atoms with Crippen molar-refractivity contribution < 1.29 is 19.1 Å². The Hall–Kier alpha value is -1.06. The van der Waals surface area contributed by atoms with Gasteiger partial charge in [0.1, 0.15) is 6.10 Å². The normalized spacial score (nSPS) is 12.2. The third-order valence-corrected chi connectivity index (χ3v) is 6.28. The second kappa shape index (κ2) is 23.1. The van der Waals surface area contributed by atoms with Crippen molar-refractivity contribution in [3.63, 3.8) is 0 Å². The molecule has 0 bridgehead atoms. The molecule has 0 aliphatic heterocycles. The van der Waals surface area contributed by atoms with E-state index in [1.165, 1.54) is 89.9 Å². The van der Waals surface area contributed by atoms with Crippen molar-refractivity contribution in [3.05, 3.63) is 0 Å². The molecule has 4 heteroatoms. The molecule has 0 N–H and O–H groups in total. The van der Waals surface area contributed by atoms with Gasteiger partial charge in [0.25, 0.3) is 0 Å². The summed E-state index contributed by atoms with van der Waals surface area (Å²) >= 11 is 0. The summed E-state index contributed by atoms with van der Waals surface area (Å²) in [5.74, 6) is -0.115. The largest absolute Gasteiger partial charge is 0.466 e. The summed E-state index contributed by atoms with van der Waals surface area (Å²) in [7, 11) is 0. The van der Waals surface area contributed by atoms with Gasteiger partial charge >= 0.3 is 11.9 Å². The van der Waals surface area contributed by atoms with Crippen LogP contribution in [0, 0.1) is 5.92 Å². The minimum absolute atomic E-state index is 0.0793. The molecule has 4 nitrogen and oxygen atoms in total. The van der Waals surface area contributed by atoms with Crippen LogP contribution in [0.3, 0.4) is 0 Å². The van der Waals surface area contributed by atoms with Gasteiger partial charge in [0.15, 0.2) is 0 Å². The molecule has 1 unspecified atom stereocenters. The molecule has 0 aromatic rings. The number of rotatable bonds is 23. The lowest BCUT2D eigenvalue weighted by Gasteiger charge is -2.16. The second-order valence-electron chi connectivity index (χ2n) is 9.82. The summed E-state index contributed by atoms with van der Waals surface area (Å²) in [4.78, 5) is 23.4. The number of carbonyl (C=O) groups excluding carboxylic acids is 2. The van der Waals surface area contributed by atoms with E-state index in [1.807, 2.05) is 20.8 Å². The zero-order valence-corrected chi connectivity index (χ0v) is 21.9. The molecule has 0 aromatic carbocycles. The molecule has 0 aliphatic rings. The molecule has 0 amide bonds. The highest BCUT2D eigenvalue weighted by Gasteiger charge is 2.13. The van der Waals surface area contributed by atoms with Gasteiger partial charge in [-0.1, -0.05) is 117 Å². The first-order valence-corrected chi connectivity index (χ1v) is 13.8. The highest BCUT2D eigenvalue weighted by atomic mass is 16.5. The number of esters is 2. The first-order chi connectivity index (χ1) is 15.5. The number of hydrogen-bond acceptors (Lipinski definition) is 4. The van der Waals surface area contributed by atoms with E-state index in [9.17, 15) is 9.59 Å². The van der Waals surface area contributed by atoms with Crippen LogP contribution in [0.1, 0.15) is 150 Å². The minimum atomic E-state index is -0.225. The Morgan fingerprint density at radius 2 is 0.969 bits per heavy atom. The van der Waals surface area contributed by atoms with Gasteiger partial charge < -0.3 is 9.47 Å². The van der Waals surface area contributed by atoms with Crippen LogP contribution in [-0.4, -0.2) is 24.6 Å². The molecule has 190 valence electrons. The highest BCUT2D eigenvalue weighted by Crippen LogP contribution is 2.14. The summed E-state index contributed by atoms with van der Waals surface area (Å²) < 4.78 is 10.6. The average molecular weight is 455 g/mol. The Morgan fingerprint density at radius 3 is 1.41 bits per heavy atom. The molecule has 0 aliphatic carbocycles. The summed E-state index contributed by atoms with van der Waals surface area (Å²) in [6, 6.07) is 0. The third-order valence-electron chi connectivity index (χ3n) is 6.28. The molecule has 1 atom stereocenters. The van der Waals surface area contributed by atoms with Gasteiger partial charge in [-0.05, 0) is 25.7 Å². The maximum absolute atomic E-state index is 11.7. The zero-order valence-electron chi connectivity index (χ0n) is 21.9.